The summed E-state index contributed by atoms with van der Waals surface area (Å²) in [4.78, 5) is 19.2. The number of rotatable bonds is 9. The first kappa shape index (κ1) is 29.4. The van der Waals surface area contributed by atoms with Gasteiger partial charge in [-0.25, -0.2) is 4.98 Å². The first-order valence-electron chi connectivity index (χ1n) is 11.9. The number of nitrogens with zero attached hydrogens (tertiary/aromatic N) is 1. The normalized spacial score (nSPS) is 13.4. The molecule has 1 aromatic heterocycles. The van der Waals surface area contributed by atoms with Gasteiger partial charge in [-0.3, -0.25) is 4.79 Å². The van der Waals surface area contributed by atoms with Crippen molar-refractivity contribution in [2.75, 3.05) is 6.61 Å². The lowest BCUT2D eigenvalue weighted by Crippen LogP contribution is -2.41. The Morgan fingerprint density at radius 1 is 1.00 bits per heavy atom. The number of benzene rings is 1. The van der Waals surface area contributed by atoms with E-state index in [-0.39, 0.29) is 15.9 Å². The van der Waals surface area contributed by atoms with Crippen LogP contribution >= 0.6 is 22.9 Å². The molecule has 4 nitrogen and oxygen atoms in total. The number of hydrogen-bond acceptors (Lipinski definition) is 5. The summed E-state index contributed by atoms with van der Waals surface area (Å²) in [5.41, 5.74) is 2.05. The minimum absolute atomic E-state index is 0.0860. The van der Waals surface area contributed by atoms with E-state index in [0.29, 0.717) is 35.9 Å². The molecule has 2 aromatic rings. The van der Waals surface area contributed by atoms with Crippen molar-refractivity contribution in [3.05, 3.63) is 49.9 Å². The highest BCUT2D eigenvalue weighted by molar-refractivity contribution is 7.11. The Bertz CT molecular complexity index is 1020. The van der Waals surface area contributed by atoms with Gasteiger partial charge in [-0.05, 0) is 67.3 Å². The predicted octanol–water partition coefficient (Wildman–Crippen LogP) is 8.42. The van der Waals surface area contributed by atoms with Crippen LogP contribution < -0.4 is 0 Å². The third kappa shape index (κ3) is 7.11. The molecule has 0 aliphatic rings. The standard InChI is InChI=1S/C26H42ClNO3SSi2/c1-18-23(28-22(32-18)17-31-34(10,11)26(5,6)7)24(29)21-16-20(27)13-12-19(21)14-15-30-33(8,9)25(2,3)4/h12-13,16H,14-15,17H2,1-11H3. The number of hydrogen-bond donors (Lipinski definition) is 0. The summed E-state index contributed by atoms with van der Waals surface area (Å²) in [6, 6.07) is 5.54. The molecule has 0 N–H and O–H groups in total. The SMILES string of the molecule is Cc1sc(CO[Si](C)(C)C(C)(C)C)nc1C(=O)c1cc(Cl)ccc1CCO[Si](C)(C)C(C)(C)C. The van der Waals surface area contributed by atoms with Gasteiger partial charge >= 0.3 is 0 Å². The van der Waals surface area contributed by atoms with E-state index >= 15 is 0 Å². The largest absolute Gasteiger partial charge is 0.416 e. The monoisotopic (exact) mass is 539 g/mol. The molecule has 0 unspecified atom stereocenters. The number of aryl methyl sites for hydroxylation is 1. The van der Waals surface area contributed by atoms with E-state index in [2.05, 4.69) is 67.7 Å². The molecule has 1 heterocycles. The molecule has 0 atom stereocenters. The molecule has 34 heavy (non-hydrogen) atoms. The van der Waals surface area contributed by atoms with Crippen molar-refractivity contribution >= 4 is 45.4 Å². The van der Waals surface area contributed by atoms with Crippen molar-refractivity contribution in [3.63, 3.8) is 0 Å². The van der Waals surface area contributed by atoms with Gasteiger partial charge in [0.2, 0.25) is 5.78 Å². The van der Waals surface area contributed by atoms with Crippen molar-refractivity contribution in [1.82, 2.24) is 4.98 Å². The van der Waals surface area contributed by atoms with Crippen molar-refractivity contribution in [2.45, 2.75) is 97.8 Å². The Morgan fingerprint density at radius 2 is 1.56 bits per heavy atom. The smallest absolute Gasteiger partial charge is 0.212 e. The average Bonchev–Trinajstić information content (AvgIpc) is 3.06. The Labute approximate surface area is 217 Å². The first-order valence-corrected chi connectivity index (χ1v) is 18.9. The highest BCUT2D eigenvalue weighted by Gasteiger charge is 2.38. The maximum Gasteiger partial charge on any atom is 0.212 e. The van der Waals surface area contributed by atoms with Crippen molar-refractivity contribution in [1.29, 1.82) is 0 Å². The van der Waals surface area contributed by atoms with E-state index in [4.69, 9.17) is 25.4 Å². The fraction of sp³-hybridized carbons (Fsp3) is 0.615. The zero-order valence-corrected chi connectivity index (χ0v) is 26.4. The van der Waals surface area contributed by atoms with E-state index in [1.165, 1.54) is 11.3 Å². The molecule has 0 fully saturated rings. The second-order valence-corrected chi connectivity index (χ2v) is 23.4. The summed E-state index contributed by atoms with van der Waals surface area (Å²) >= 11 is 7.83. The third-order valence-electron chi connectivity index (χ3n) is 7.38. The van der Waals surface area contributed by atoms with Crippen LogP contribution in [0.3, 0.4) is 0 Å². The molecule has 0 amide bonds. The lowest BCUT2D eigenvalue weighted by molar-refractivity contribution is 0.103. The maximum atomic E-state index is 13.6. The fourth-order valence-electron chi connectivity index (χ4n) is 2.92. The minimum Gasteiger partial charge on any atom is -0.416 e. The van der Waals surface area contributed by atoms with Gasteiger partial charge in [-0.15, -0.1) is 11.3 Å². The van der Waals surface area contributed by atoms with E-state index in [1.54, 1.807) is 6.07 Å². The summed E-state index contributed by atoms with van der Waals surface area (Å²) in [6.45, 7) is 25.3. The van der Waals surface area contributed by atoms with Crippen LogP contribution in [-0.4, -0.2) is 34.0 Å². The molecule has 0 radical (unpaired) electrons. The first-order chi connectivity index (χ1) is 15.4. The zero-order chi connectivity index (χ0) is 26.1. The lowest BCUT2D eigenvalue weighted by atomic mass is 9.99. The number of carbonyl (C=O) groups is 1. The topological polar surface area (TPSA) is 48.4 Å². The number of thiazole rings is 1. The van der Waals surface area contributed by atoms with Gasteiger partial charge in [-0.1, -0.05) is 59.2 Å². The van der Waals surface area contributed by atoms with Crippen LogP contribution in [-0.2, 0) is 21.9 Å². The number of halogens is 1. The van der Waals surface area contributed by atoms with Gasteiger partial charge in [0.1, 0.15) is 10.7 Å². The molecule has 0 bridgehead atoms. The molecule has 8 heteroatoms. The molecule has 1 aromatic carbocycles. The number of carbonyl (C=O) groups excluding carboxylic acids is 1. The van der Waals surface area contributed by atoms with Crippen LogP contribution in [0.1, 0.15) is 73.0 Å². The summed E-state index contributed by atoms with van der Waals surface area (Å²) in [6.07, 6.45) is 0.662. The molecule has 0 aliphatic carbocycles. The van der Waals surface area contributed by atoms with Crippen molar-refractivity contribution in [2.24, 2.45) is 0 Å². The highest BCUT2D eigenvalue weighted by atomic mass is 35.5. The second kappa shape index (κ2) is 10.6. The summed E-state index contributed by atoms with van der Waals surface area (Å²) in [5, 5.41) is 1.66. The molecular formula is C26H42ClNO3SSi2. The van der Waals surface area contributed by atoms with Gasteiger partial charge in [0, 0.05) is 22.1 Å². The van der Waals surface area contributed by atoms with Crippen LogP contribution in [0.5, 0.6) is 0 Å². The molecule has 0 aliphatic heterocycles. The van der Waals surface area contributed by atoms with Gasteiger partial charge in [0.25, 0.3) is 0 Å². The molecule has 0 saturated heterocycles. The summed E-state index contributed by atoms with van der Waals surface area (Å²) in [5.74, 6) is -0.0860. The van der Waals surface area contributed by atoms with E-state index in [0.717, 1.165) is 15.4 Å². The summed E-state index contributed by atoms with van der Waals surface area (Å²) < 4.78 is 12.7. The Morgan fingerprint density at radius 3 is 2.12 bits per heavy atom. The zero-order valence-electron chi connectivity index (χ0n) is 22.8. The van der Waals surface area contributed by atoms with E-state index in [9.17, 15) is 4.79 Å². The second-order valence-electron chi connectivity index (χ2n) is 12.1. The van der Waals surface area contributed by atoms with Crippen LogP contribution in [0.2, 0.25) is 41.3 Å². The number of ketones is 1. The van der Waals surface area contributed by atoms with E-state index < -0.39 is 16.6 Å². The molecule has 2 rings (SSSR count). The molecular weight excluding hydrogens is 498 g/mol. The van der Waals surface area contributed by atoms with Crippen LogP contribution in [0.15, 0.2) is 18.2 Å². The quantitative estimate of drug-likeness (QED) is 0.237. The van der Waals surface area contributed by atoms with E-state index in [1.807, 2.05) is 19.1 Å². The summed E-state index contributed by atoms with van der Waals surface area (Å²) in [7, 11) is -3.75. The van der Waals surface area contributed by atoms with Gasteiger partial charge in [0.15, 0.2) is 16.6 Å². The minimum atomic E-state index is -1.89. The average molecular weight is 540 g/mol. The van der Waals surface area contributed by atoms with Gasteiger partial charge < -0.3 is 8.85 Å². The Balaban J connectivity index is 2.22. The van der Waals surface area contributed by atoms with Gasteiger partial charge in [0.05, 0.1) is 6.61 Å². The van der Waals surface area contributed by atoms with Gasteiger partial charge in [-0.2, -0.15) is 0 Å². The van der Waals surface area contributed by atoms with Crippen LogP contribution in [0.4, 0.5) is 0 Å². The molecule has 0 spiro atoms. The Kier molecular flexibility index (Phi) is 9.21. The predicted molar refractivity (Wildman–Crippen MR) is 151 cm³/mol. The highest BCUT2D eigenvalue weighted by Crippen LogP contribution is 2.38. The molecule has 190 valence electrons. The van der Waals surface area contributed by atoms with Crippen molar-refractivity contribution in [3.8, 4) is 0 Å². The number of aromatic nitrogens is 1. The van der Waals surface area contributed by atoms with Crippen molar-refractivity contribution < 1.29 is 13.6 Å². The molecule has 0 saturated carbocycles. The van der Waals surface area contributed by atoms with Crippen LogP contribution in [0, 0.1) is 6.92 Å². The Hall–Kier alpha value is -0.836. The van der Waals surface area contributed by atoms with Crippen LogP contribution in [0.25, 0.3) is 0 Å². The lowest BCUT2D eigenvalue weighted by Gasteiger charge is -2.36. The third-order valence-corrected chi connectivity index (χ3v) is 17.6. The fourth-order valence-corrected chi connectivity index (χ4v) is 6.02. The maximum absolute atomic E-state index is 13.6.